The van der Waals surface area contributed by atoms with Gasteiger partial charge in [-0.25, -0.2) is 0 Å². The van der Waals surface area contributed by atoms with E-state index in [0.29, 0.717) is 13.2 Å². The van der Waals surface area contributed by atoms with Crippen LogP contribution in [0.2, 0.25) is 0 Å². The summed E-state index contributed by atoms with van der Waals surface area (Å²) in [5, 5.41) is 4.50. The zero-order valence-corrected chi connectivity index (χ0v) is 16.2. The Kier molecular flexibility index (Phi) is 5.43. The molecule has 0 amide bonds. The van der Waals surface area contributed by atoms with Crippen LogP contribution in [0.5, 0.6) is 11.5 Å². The first-order valence-corrected chi connectivity index (χ1v) is 9.13. The fourth-order valence-corrected chi connectivity index (χ4v) is 3.19. The third-order valence-electron chi connectivity index (χ3n) is 3.86. The minimum absolute atomic E-state index is 0.584. The van der Waals surface area contributed by atoms with E-state index >= 15 is 0 Å². The molecular weight excluding hydrogens is 380 g/mol. The molecule has 1 heterocycles. The van der Waals surface area contributed by atoms with Crippen molar-refractivity contribution in [3.8, 4) is 11.5 Å². The number of nitrogens with zero attached hydrogens (tertiary/aromatic N) is 1. The van der Waals surface area contributed by atoms with Crippen LogP contribution in [0, 0.1) is 6.92 Å². The highest BCUT2D eigenvalue weighted by molar-refractivity contribution is 9.10. The lowest BCUT2D eigenvalue weighted by Crippen LogP contribution is -2.00. The quantitative estimate of drug-likeness (QED) is 0.563. The van der Waals surface area contributed by atoms with Gasteiger partial charge in [-0.05, 0) is 56.7 Å². The van der Waals surface area contributed by atoms with Gasteiger partial charge < -0.3 is 14.8 Å². The lowest BCUT2D eigenvalue weighted by Gasteiger charge is -2.15. The summed E-state index contributed by atoms with van der Waals surface area (Å²) in [6.45, 7) is 7.17. The highest BCUT2D eigenvalue weighted by Crippen LogP contribution is 2.36. The van der Waals surface area contributed by atoms with Gasteiger partial charge in [-0.2, -0.15) is 0 Å². The lowest BCUT2D eigenvalue weighted by atomic mass is 10.1. The molecule has 0 aliphatic carbocycles. The number of aromatic nitrogens is 1. The van der Waals surface area contributed by atoms with Gasteiger partial charge in [0.25, 0.3) is 0 Å². The molecule has 4 nitrogen and oxygen atoms in total. The molecule has 1 N–H and O–H groups in total. The fraction of sp³-hybridized carbons (Fsp3) is 0.250. The lowest BCUT2D eigenvalue weighted by molar-refractivity contribution is 0.288. The van der Waals surface area contributed by atoms with E-state index in [9.17, 15) is 0 Å². The second kappa shape index (κ2) is 7.74. The van der Waals surface area contributed by atoms with E-state index in [1.165, 1.54) is 0 Å². The first kappa shape index (κ1) is 17.5. The number of anilines is 2. The maximum atomic E-state index is 5.76. The van der Waals surface area contributed by atoms with Crippen LogP contribution in [0.15, 0.2) is 47.1 Å². The van der Waals surface area contributed by atoms with E-state index < -0.39 is 0 Å². The van der Waals surface area contributed by atoms with E-state index in [1.807, 2.05) is 38.1 Å². The minimum atomic E-state index is 0.584. The summed E-state index contributed by atoms with van der Waals surface area (Å²) in [6.07, 6.45) is 1.80. The van der Waals surface area contributed by atoms with Crippen molar-refractivity contribution in [3.63, 3.8) is 0 Å². The van der Waals surface area contributed by atoms with Gasteiger partial charge in [0.2, 0.25) is 0 Å². The summed E-state index contributed by atoms with van der Waals surface area (Å²) in [5.41, 5.74) is 4.07. The van der Waals surface area contributed by atoms with Gasteiger partial charge in [-0.1, -0.05) is 15.9 Å². The number of aryl methyl sites for hydroxylation is 1. The van der Waals surface area contributed by atoms with Crippen LogP contribution in [-0.4, -0.2) is 18.2 Å². The van der Waals surface area contributed by atoms with Gasteiger partial charge in [0.05, 0.1) is 18.7 Å². The molecule has 5 heteroatoms. The van der Waals surface area contributed by atoms with Gasteiger partial charge in [0.15, 0.2) is 11.5 Å². The average molecular weight is 401 g/mol. The van der Waals surface area contributed by atoms with Crippen molar-refractivity contribution in [1.82, 2.24) is 4.98 Å². The Bertz CT molecular complexity index is 896. The predicted octanol–water partition coefficient (Wildman–Crippen LogP) is 5.85. The maximum Gasteiger partial charge on any atom is 0.163 e. The van der Waals surface area contributed by atoms with Gasteiger partial charge in [-0.15, -0.1) is 0 Å². The minimum Gasteiger partial charge on any atom is -0.490 e. The maximum absolute atomic E-state index is 5.76. The Morgan fingerprint density at radius 3 is 2.36 bits per heavy atom. The molecule has 0 saturated carbocycles. The Balaban J connectivity index is 2.07. The van der Waals surface area contributed by atoms with E-state index in [-0.39, 0.29) is 0 Å². The molecule has 0 fully saturated rings. The summed E-state index contributed by atoms with van der Waals surface area (Å²) < 4.78 is 12.5. The summed E-state index contributed by atoms with van der Waals surface area (Å²) in [5.74, 6) is 1.46. The molecule has 0 unspecified atom stereocenters. The highest BCUT2D eigenvalue weighted by atomic mass is 79.9. The van der Waals surface area contributed by atoms with Crippen molar-refractivity contribution in [3.05, 3.63) is 52.6 Å². The van der Waals surface area contributed by atoms with Gasteiger partial charge in [0.1, 0.15) is 0 Å². The standard InChI is InChI=1S/C20H21BrN2O2/c1-4-24-19-11-15-17(23-16-7-6-14(21)10-13(16)3)8-9-22-18(15)12-20(19)25-5-2/h6-12H,4-5H2,1-3H3,(H,22,23). The van der Waals surface area contributed by atoms with E-state index in [1.54, 1.807) is 6.20 Å². The molecular formula is C20H21BrN2O2. The number of pyridine rings is 1. The van der Waals surface area contributed by atoms with Crippen molar-refractivity contribution in [2.45, 2.75) is 20.8 Å². The van der Waals surface area contributed by atoms with Crippen LogP contribution in [0.1, 0.15) is 19.4 Å². The average Bonchev–Trinajstić information content (AvgIpc) is 2.59. The number of halogens is 1. The van der Waals surface area contributed by atoms with E-state index in [0.717, 1.165) is 43.8 Å². The molecule has 0 saturated heterocycles. The van der Waals surface area contributed by atoms with Gasteiger partial charge in [0, 0.05) is 33.5 Å². The summed E-state index contributed by atoms with van der Waals surface area (Å²) in [7, 11) is 0. The molecule has 0 aliphatic heterocycles. The molecule has 0 atom stereocenters. The molecule has 0 aliphatic rings. The predicted molar refractivity (Wildman–Crippen MR) is 106 cm³/mol. The number of benzene rings is 2. The van der Waals surface area contributed by atoms with Crippen LogP contribution in [0.3, 0.4) is 0 Å². The summed E-state index contributed by atoms with van der Waals surface area (Å²) in [6, 6.07) is 12.1. The number of hydrogen-bond donors (Lipinski definition) is 1. The van der Waals surface area contributed by atoms with Crippen LogP contribution < -0.4 is 14.8 Å². The van der Waals surface area contributed by atoms with Gasteiger partial charge >= 0.3 is 0 Å². The van der Waals surface area contributed by atoms with Crippen molar-refractivity contribution in [2.75, 3.05) is 18.5 Å². The van der Waals surface area contributed by atoms with Crippen molar-refractivity contribution >= 4 is 38.2 Å². The molecule has 130 valence electrons. The Morgan fingerprint density at radius 2 is 1.68 bits per heavy atom. The van der Waals surface area contributed by atoms with Crippen LogP contribution in [0.4, 0.5) is 11.4 Å². The third kappa shape index (κ3) is 3.87. The van der Waals surface area contributed by atoms with Crippen LogP contribution in [0.25, 0.3) is 10.9 Å². The molecule has 0 spiro atoms. The Morgan fingerprint density at radius 1 is 0.960 bits per heavy atom. The molecule has 3 rings (SSSR count). The monoisotopic (exact) mass is 400 g/mol. The smallest absolute Gasteiger partial charge is 0.163 e. The Labute approximate surface area is 156 Å². The first-order chi connectivity index (χ1) is 12.1. The zero-order valence-electron chi connectivity index (χ0n) is 14.6. The molecule has 25 heavy (non-hydrogen) atoms. The number of fused-ring (bicyclic) bond motifs is 1. The molecule has 3 aromatic rings. The van der Waals surface area contributed by atoms with Crippen molar-refractivity contribution in [1.29, 1.82) is 0 Å². The second-order valence-corrected chi connectivity index (χ2v) is 6.54. The van der Waals surface area contributed by atoms with Crippen LogP contribution >= 0.6 is 15.9 Å². The van der Waals surface area contributed by atoms with Crippen LogP contribution in [-0.2, 0) is 0 Å². The topological polar surface area (TPSA) is 43.4 Å². The normalized spacial score (nSPS) is 10.7. The highest BCUT2D eigenvalue weighted by Gasteiger charge is 2.11. The third-order valence-corrected chi connectivity index (χ3v) is 4.36. The molecule has 1 aromatic heterocycles. The van der Waals surface area contributed by atoms with E-state index in [4.69, 9.17) is 9.47 Å². The number of ether oxygens (including phenoxy) is 2. The molecule has 0 radical (unpaired) electrons. The second-order valence-electron chi connectivity index (χ2n) is 5.62. The number of hydrogen-bond acceptors (Lipinski definition) is 4. The largest absolute Gasteiger partial charge is 0.490 e. The first-order valence-electron chi connectivity index (χ1n) is 8.34. The molecule has 2 aromatic carbocycles. The Hall–Kier alpha value is -2.27. The summed E-state index contributed by atoms with van der Waals surface area (Å²) in [4.78, 5) is 4.48. The zero-order chi connectivity index (χ0) is 17.8. The van der Waals surface area contributed by atoms with Gasteiger partial charge in [-0.3, -0.25) is 4.98 Å². The van der Waals surface area contributed by atoms with E-state index in [2.05, 4.69) is 45.3 Å². The fourth-order valence-electron chi connectivity index (χ4n) is 2.71. The molecule has 0 bridgehead atoms. The van der Waals surface area contributed by atoms with Crippen molar-refractivity contribution < 1.29 is 9.47 Å². The number of nitrogens with one attached hydrogen (secondary N) is 1. The SMILES string of the molecule is CCOc1cc2nccc(Nc3ccc(Br)cc3C)c2cc1OCC. The van der Waals surface area contributed by atoms with Crippen molar-refractivity contribution in [2.24, 2.45) is 0 Å². The number of rotatable bonds is 6. The summed E-state index contributed by atoms with van der Waals surface area (Å²) >= 11 is 3.50.